The number of likely N-dealkylation sites (tertiary alicyclic amines) is 1. The van der Waals surface area contributed by atoms with E-state index >= 15 is 0 Å². The van der Waals surface area contributed by atoms with Crippen LogP contribution < -0.4 is 16.4 Å². The van der Waals surface area contributed by atoms with Gasteiger partial charge in [-0.25, -0.2) is 48.3 Å². The summed E-state index contributed by atoms with van der Waals surface area (Å²) in [5.41, 5.74) is 14.1. The van der Waals surface area contributed by atoms with Crippen molar-refractivity contribution in [2.24, 2.45) is 23.5 Å². The molecule has 27 heteroatoms. The fourth-order valence-electron chi connectivity index (χ4n) is 18.4. The molecule has 700 valence electrons. The topological polar surface area (TPSA) is 155 Å². The van der Waals surface area contributed by atoms with E-state index in [1.165, 1.54) is 164 Å². The van der Waals surface area contributed by atoms with Crippen LogP contribution in [0.25, 0.3) is 0 Å². The van der Waals surface area contributed by atoms with Gasteiger partial charge in [0.25, 0.3) is 26.2 Å². The molecule has 2 unspecified atom stereocenters. The maximum Gasteiger partial charge on any atom is 0.282 e. The van der Waals surface area contributed by atoms with Crippen molar-refractivity contribution < 1.29 is 72.3 Å². The number of amides is 5. The Labute approximate surface area is 797 Å². The number of aromatic nitrogens is 1. The van der Waals surface area contributed by atoms with Crippen LogP contribution in [0.15, 0.2) is 291 Å². The summed E-state index contributed by atoms with van der Waals surface area (Å²) < 4.78 is 146. The molecule has 4 fully saturated rings. The van der Waals surface area contributed by atoms with Gasteiger partial charge in [0.2, 0.25) is 0 Å². The predicted molar refractivity (Wildman–Crippen MR) is 518 cm³/mol. The van der Waals surface area contributed by atoms with Crippen LogP contribution in [0.5, 0.6) is 0 Å². The number of nitrogens with zero attached hydrogens (tertiary/aromatic N) is 3. The number of carbonyl (C=O) groups excluding carboxylic acids is 5. The van der Waals surface area contributed by atoms with Gasteiger partial charge in [0.1, 0.15) is 73.5 Å². The highest BCUT2D eigenvalue weighted by Gasteiger charge is 2.51. The van der Waals surface area contributed by atoms with Crippen molar-refractivity contribution in [1.29, 1.82) is 0 Å². The van der Waals surface area contributed by atoms with Gasteiger partial charge in [-0.3, -0.25) is 29.0 Å². The molecule has 5 amide bonds. The van der Waals surface area contributed by atoms with E-state index in [-0.39, 0.29) is 67.8 Å². The van der Waals surface area contributed by atoms with Crippen LogP contribution in [0.3, 0.4) is 0 Å². The van der Waals surface area contributed by atoms with E-state index in [2.05, 4.69) is 15.6 Å². The first-order valence-corrected chi connectivity index (χ1v) is 48.6. The van der Waals surface area contributed by atoms with Crippen molar-refractivity contribution >= 4 is 85.0 Å². The SMILES string of the molecule is CN(C)C(=O)SC(c1ccc(F)cc1)(c1ccc(F)cc1)c1ccc(F)cc1.CNC(=O)SC(c1ccc(F)cc1)(c1ccc(F)cc1)c1ccc(F)cc1.CNC(=O)SC(c1ccc(F)cc1)(c1ccccc1F)C1CCCCC1.NC(=O)SC(c1ccc(F)cc1)(c1ccccn1)C1CCCCC1.O=C(SC(c1ccc(F)cc1)(c1ccc(F)cc1)C1CCCCC1)N1CCCC1. The van der Waals surface area contributed by atoms with E-state index in [1.807, 2.05) is 23.1 Å². The lowest BCUT2D eigenvalue weighted by Gasteiger charge is -2.43. The molecular weight excluding hydrogens is 1820 g/mol. The summed E-state index contributed by atoms with van der Waals surface area (Å²) in [6.45, 7) is 1.58. The Bertz CT molecular complexity index is 5550. The van der Waals surface area contributed by atoms with E-state index in [9.17, 15) is 72.3 Å². The van der Waals surface area contributed by atoms with Crippen molar-refractivity contribution in [3.8, 4) is 0 Å². The minimum Gasteiger partial charge on any atom is -0.360 e. The normalized spacial score (nSPS) is 15.2. The minimum absolute atomic E-state index is 0.0710. The van der Waals surface area contributed by atoms with Gasteiger partial charge < -0.3 is 26.2 Å². The van der Waals surface area contributed by atoms with E-state index < -0.39 is 63.9 Å². The van der Waals surface area contributed by atoms with Gasteiger partial charge in [-0.1, -0.05) is 203 Å². The average Bonchev–Trinajstić information content (AvgIpc) is 0.950. The van der Waals surface area contributed by atoms with Crippen molar-refractivity contribution in [1.82, 2.24) is 25.4 Å². The van der Waals surface area contributed by atoms with Gasteiger partial charge in [-0.15, -0.1) is 0 Å². The van der Waals surface area contributed by atoms with Gasteiger partial charge in [0.15, 0.2) is 0 Å². The zero-order valence-electron chi connectivity index (χ0n) is 74.5. The van der Waals surface area contributed by atoms with Crippen LogP contribution in [0, 0.1) is 81.7 Å². The number of primary amides is 1. The maximum atomic E-state index is 14.9. The molecule has 16 rings (SSSR count). The Morgan fingerprint density at radius 2 is 0.597 bits per heavy atom. The van der Waals surface area contributed by atoms with Crippen LogP contribution in [-0.2, 0) is 23.7 Å². The number of nitrogens with one attached hydrogen (secondary N) is 2. The highest BCUT2D eigenvalue weighted by Crippen LogP contribution is 2.59. The predicted octanol–water partition coefficient (Wildman–Crippen LogP) is 28.7. The molecule has 2 atom stereocenters. The zero-order chi connectivity index (χ0) is 95.6. The summed E-state index contributed by atoms with van der Waals surface area (Å²) in [5, 5.41) is 4.05. The summed E-state index contributed by atoms with van der Waals surface area (Å²) in [4.78, 5) is 70.8. The molecule has 0 radical (unpaired) electrons. The fourth-order valence-corrected chi connectivity index (χ4v) is 24.8. The fraction of sp³-hybridized carbons (Fsp3) is 0.290. The number of rotatable bonds is 20. The molecule has 1 aromatic heterocycles. The first-order chi connectivity index (χ1) is 64.6. The maximum absolute atomic E-state index is 14.9. The number of hydrogen-bond acceptors (Lipinski definition) is 11. The number of hydrogen-bond donors (Lipinski definition) is 3. The Kier molecular flexibility index (Phi) is 36.4. The molecule has 4 aliphatic rings. The molecule has 0 spiro atoms. The smallest absolute Gasteiger partial charge is 0.282 e. The number of benzene rings is 11. The minimum atomic E-state index is -1.12. The van der Waals surface area contributed by atoms with E-state index in [0.29, 0.717) is 38.9 Å². The monoisotopic (exact) mass is 1920 g/mol. The first kappa shape index (κ1) is 102. The molecule has 1 aliphatic heterocycles. The third-order valence-electron chi connectivity index (χ3n) is 24.8. The van der Waals surface area contributed by atoms with E-state index in [0.717, 1.165) is 184 Å². The number of carbonyl (C=O) groups is 5. The van der Waals surface area contributed by atoms with Gasteiger partial charge in [0, 0.05) is 53.0 Å². The van der Waals surface area contributed by atoms with Crippen molar-refractivity contribution in [2.75, 3.05) is 41.3 Å². The van der Waals surface area contributed by atoms with Gasteiger partial charge in [0.05, 0.1) is 19.9 Å². The number of thioether (sulfide) groups is 5. The van der Waals surface area contributed by atoms with Crippen LogP contribution in [0.2, 0.25) is 0 Å². The highest BCUT2D eigenvalue weighted by atomic mass is 32.2. The van der Waals surface area contributed by atoms with Crippen molar-refractivity contribution in [2.45, 2.75) is 133 Å². The third kappa shape index (κ3) is 24.6. The highest BCUT2D eigenvalue weighted by molar-refractivity contribution is 8.15. The zero-order valence-corrected chi connectivity index (χ0v) is 78.6. The molecule has 4 N–H and O–H groups in total. The van der Waals surface area contributed by atoms with Gasteiger partial charge >= 0.3 is 0 Å². The van der Waals surface area contributed by atoms with Crippen LogP contribution in [0.1, 0.15) is 176 Å². The molecule has 11 aromatic carbocycles. The van der Waals surface area contributed by atoms with Crippen LogP contribution >= 0.6 is 58.8 Å². The van der Waals surface area contributed by atoms with Crippen LogP contribution in [-0.4, -0.2) is 82.3 Å². The Morgan fingerprint density at radius 3 is 0.896 bits per heavy atom. The second kappa shape index (κ2) is 47.9. The molecule has 12 aromatic rings. The Balaban J connectivity index is 0.000000151. The summed E-state index contributed by atoms with van der Waals surface area (Å²) in [7, 11) is 6.33. The van der Waals surface area contributed by atoms with Crippen LogP contribution in [0.4, 0.5) is 72.3 Å². The average molecular weight is 1920 g/mol. The number of nitrogens with two attached hydrogens (primary N) is 1. The summed E-state index contributed by atoms with van der Waals surface area (Å²) in [5.74, 6) is -3.48. The van der Waals surface area contributed by atoms with Gasteiger partial charge in [-0.05, 0) is 323 Å². The molecule has 0 bridgehead atoms. The lowest BCUT2D eigenvalue weighted by Crippen LogP contribution is -2.38. The lowest BCUT2D eigenvalue weighted by molar-refractivity contribution is 0.232. The first-order valence-electron chi connectivity index (χ1n) is 44.5. The molecule has 3 aliphatic carbocycles. The summed E-state index contributed by atoms with van der Waals surface area (Å²) in [6, 6.07) is 72.5. The molecular formula is C107H105F11N6O5S5. The molecule has 1 saturated heterocycles. The summed E-state index contributed by atoms with van der Waals surface area (Å²) in [6.07, 6.45) is 19.8. The Morgan fingerprint density at radius 1 is 0.321 bits per heavy atom. The van der Waals surface area contributed by atoms with Crippen molar-refractivity contribution in [3.05, 3.63) is 422 Å². The summed E-state index contributed by atoms with van der Waals surface area (Å²) >= 11 is 5.54. The lowest BCUT2D eigenvalue weighted by atomic mass is 9.72. The number of halogens is 11. The number of pyridine rings is 1. The molecule has 3 saturated carbocycles. The standard InChI is InChI=1S/C24H27F2NOS.C22H18F3NOS.C21H16F3NOS.C21H23F2NOS.C19H21FN2OS/c25-21-12-8-19(9-13-21)24(18-6-2-1-3-7-18,20-10-14-22(26)15-11-20)29-23(28)27-16-4-5-17-27;1-26(2)21(27)28-22(15-3-9-18(23)10-4-15,16-5-11-19(24)12-6-16)17-7-13-20(25)14-8-17;1-25-20(26)27-21(14-2-8-17(22)9-3-14,15-4-10-18(23)11-5-15)16-6-12-19(24)13-7-16;1-24-20(25)26-21(15-7-3-2-4-8-15,16-11-13-17(22)14-12-16)18-9-5-6-10-19(18)23;20-16-11-9-15(10-12-16)19(24-18(21)23,14-6-2-1-3-7-14)17-8-4-5-13-22-17/h8-15,18H,1-7,16-17H2;3-14H,1-2H3;2-13H,1H3,(H,25,26);5-6,9-15H,2-4,7-8H2,1H3,(H,24,25);4-5,8-14H,1-3,6-7H2,(H2,21,23). The van der Waals surface area contributed by atoms with Gasteiger partial charge in [-0.2, -0.15) is 0 Å². The second-order valence-electron chi connectivity index (χ2n) is 33.4. The second-order valence-corrected chi connectivity index (χ2v) is 39.4. The molecule has 134 heavy (non-hydrogen) atoms. The quantitative estimate of drug-likeness (QED) is 0.0493. The Hall–Kier alpha value is -11.1. The molecule has 2 heterocycles. The largest absolute Gasteiger partial charge is 0.360 e. The molecule has 11 nitrogen and oxygen atoms in total. The van der Waals surface area contributed by atoms with E-state index in [4.69, 9.17) is 5.73 Å². The van der Waals surface area contributed by atoms with E-state index in [1.54, 1.807) is 167 Å². The third-order valence-corrected chi connectivity index (χ3v) is 32.2. The van der Waals surface area contributed by atoms with Crippen molar-refractivity contribution in [3.63, 3.8) is 0 Å².